The van der Waals surface area contributed by atoms with E-state index >= 15 is 0 Å². The largest absolute Gasteiger partial charge is 0.481 e. The van der Waals surface area contributed by atoms with Gasteiger partial charge in [-0.2, -0.15) is 0 Å². The quantitative estimate of drug-likeness (QED) is 0.754. The summed E-state index contributed by atoms with van der Waals surface area (Å²) in [6.07, 6.45) is 0. The van der Waals surface area contributed by atoms with E-state index in [9.17, 15) is 18.0 Å². The standard InChI is InChI=1S/C13H15Cl2NO6S/c1-7(12(17)18)6-16(2)23(20,21)11-9(13(19)22-3)4-8(14)5-10(11)15/h4-5,7H,6H2,1-3H3,(H,17,18). The van der Waals surface area contributed by atoms with Crippen molar-refractivity contribution in [3.05, 3.63) is 27.7 Å². The normalized spacial score (nSPS) is 13.0. The summed E-state index contributed by atoms with van der Waals surface area (Å²) >= 11 is 11.7. The molecule has 128 valence electrons. The van der Waals surface area contributed by atoms with Crippen molar-refractivity contribution in [3.63, 3.8) is 0 Å². The number of rotatable bonds is 6. The highest BCUT2D eigenvalue weighted by atomic mass is 35.5. The number of carboxylic acids is 1. The van der Waals surface area contributed by atoms with E-state index in [1.54, 1.807) is 0 Å². The topological polar surface area (TPSA) is 101 Å². The molecule has 0 radical (unpaired) electrons. The Morgan fingerprint density at radius 1 is 1.35 bits per heavy atom. The van der Waals surface area contributed by atoms with E-state index in [4.69, 9.17) is 28.3 Å². The van der Waals surface area contributed by atoms with Crippen LogP contribution in [0.2, 0.25) is 10.0 Å². The van der Waals surface area contributed by atoms with E-state index in [1.165, 1.54) is 20.0 Å². The van der Waals surface area contributed by atoms with Gasteiger partial charge in [-0.25, -0.2) is 17.5 Å². The first-order chi connectivity index (χ1) is 10.5. The number of ether oxygens (including phenoxy) is 1. The molecule has 0 aliphatic heterocycles. The molecule has 23 heavy (non-hydrogen) atoms. The van der Waals surface area contributed by atoms with E-state index in [0.29, 0.717) is 0 Å². The number of carbonyl (C=O) groups is 2. The van der Waals surface area contributed by atoms with Gasteiger partial charge in [0.25, 0.3) is 0 Å². The van der Waals surface area contributed by atoms with Crippen LogP contribution in [0.4, 0.5) is 0 Å². The smallest absolute Gasteiger partial charge is 0.339 e. The summed E-state index contributed by atoms with van der Waals surface area (Å²) in [5.41, 5.74) is -0.320. The molecule has 0 heterocycles. The summed E-state index contributed by atoms with van der Waals surface area (Å²) in [6, 6.07) is 2.30. The van der Waals surface area contributed by atoms with Crippen LogP contribution < -0.4 is 0 Å². The van der Waals surface area contributed by atoms with E-state index in [-0.39, 0.29) is 22.2 Å². The van der Waals surface area contributed by atoms with Crippen molar-refractivity contribution < 1.29 is 27.9 Å². The second-order valence-corrected chi connectivity index (χ2v) is 7.61. The summed E-state index contributed by atoms with van der Waals surface area (Å²) in [5.74, 6) is -3.02. The van der Waals surface area contributed by atoms with E-state index in [0.717, 1.165) is 17.5 Å². The Kier molecular flexibility index (Phi) is 6.41. The lowest BCUT2D eigenvalue weighted by atomic mass is 10.2. The summed E-state index contributed by atoms with van der Waals surface area (Å²) in [7, 11) is -1.94. The number of carbonyl (C=O) groups excluding carboxylic acids is 1. The van der Waals surface area contributed by atoms with Crippen LogP contribution in [0.25, 0.3) is 0 Å². The van der Waals surface area contributed by atoms with E-state index < -0.39 is 32.8 Å². The van der Waals surface area contributed by atoms with Crippen LogP contribution in [-0.4, -0.2) is 50.5 Å². The number of nitrogens with zero attached hydrogens (tertiary/aromatic N) is 1. The Morgan fingerprint density at radius 3 is 2.39 bits per heavy atom. The molecule has 1 aromatic rings. The van der Waals surface area contributed by atoms with Gasteiger partial charge in [-0.15, -0.1) is 0 Å². The van der Waals surface area contributed by atoms with Gasteiger partial charge in [0.2, 0.25) is 10.0 Å². The zero-order valence-electron chi connectivity index (χ0n) is 12.5. The Bertz CT molecular complexity index is 734. The molecule has 1 unspecified atom stereocenters. The molecule has 0 saturated carbocycles. The van der Waals surface area contributed by atoms with Gasteiger partial charge in [0, 0.05) is 18.6 Å². The monoisotopic (exact) mass is 383 g/mol. The number of carboxylic acid groups (broad SMARTS) is 1. The van der Waals surface area contributed by atoms with Gasteiger partial charge < -0.3 is 9.84 Å². The van der Waals surface area contributed by atoms with Crippen molar-refractivity contribution in [3.8, 4) is 0 Å². The lowest BCUT2D eigenvalue weighted by molar-refractivity contribution is -0.141. The van der Waals surface area contributed by atoms with Crippen molar-refractivity contribution >= 4 is 45.2 Å². The van der Waals surface area contributed by atoms with Crippen molar-refractivity contribution in [1.29, 1.82) is 0 Å². The highest BCUT2D eigenvalue weighted by Gasteiger charge is 2.32. The number of halogens is 2. The van der Waals surface area contributed by atoms with Crippen molar-refractivity contribution in [2.45, 2.75) is 11.8 Å². The average molecular weight is 384 g/mol. The third-order valence-electron chi connectivity index (χ3n) is 3.03. The maximum atomic E-state index is 12.7. The molecule has 0 amide bonds. The predicted molar refractivity (Wildman–Crippen MR) is 84.4 cm³/mol. The first kappa shape index (κ1) is 19.7. The third kappa shape index (κ3) is 4.35. The molecule has 0 fully saturated rings. The second kappa shape index (κ2) is 7.48. The van der Waals surface area contributed by atoms with Crippen LogP contribution >= 0.6 is 23.2 Å². The van der Waals surface area contributed by atoms with Crippen LogP contribution in [0.3, 0.4) is 0 Å². The minimum absolute atomic E-state index is 0.0657. The van der Waals surface area contributed by atoms with Gasteiger partial charge >= 0.3 is 11.9 Å². The molecule has 0 aliphatic carbocycles. The Balaban J connectivity index is 3.43. The summed E-state index contributed by atoms with van der Waals surface area (Å²) in [6.45, 7) is 1.07. The molecular formula is C13H15Cl2NO6S. The molecule has 0 spiro atoms. The third-order valence-corrected chi connectivity index (χ3v) is 5.59. The first-order valence-electron chi connectivity index (χ1n) is 6.28. The molecule has 1 rings (SSSR count). The van der Waals surface area contributed by atoms with Gasteiger partial charge in [0.1, 0.15) is 4.90 Å². The lowest BCUT2D eigenvalue weighted by Crippen LogP contribution is -2.34. The number of aliphatic carboxylic acids is 1. The van der Waals surface area contributed by atoms with Gasteiger partial charge in [0.15, 0.2) is 0 Å². The molecule has 0 bridgehead atoms. The zero-order chi connectivity index (χ0) is 17.9. The highest BCUT2D eigenvalue weighted by molar-refractivity contribution is 7.89. The summed E-state index contributed by atoms with van der Waals surface area (Å²) in [4.78, 5) is 22.2. The van der Waals surface area contributed by atoms with Crippen molar-refractivity contribution in [2.24, 2.45) is 5.92 Å². The van der Waals surface area contributed by atoms with Gasteiger partial charge in [-0.3, -0.25) is 4.79 Å². The van der Waals surface area contributed by atoms with Crippen molar-refractivity contribution in [2.75, 3.05) is 20.7 Å². The predicted octanol–water partition coefficient (Wildman–Crippen LogP) is 2.12. The van der Waals surface area contributed by atoms with Crippen LogP contribution in [0.1, 0.15) is 17.3 Å². The molecule has 0 aromatic heterocycles. The number of methoxy groups -OCH3 is 1. The lowest BCUT2D eigenvalue weighted by Gasteiger charge is -2.21. The fourth-order valence-electron chi connectivity index (χ4n) is 1.80. The number of sulfonamides is 1. The molecule has 1 atom stereocenters. The fraction of sp³-hybridized carbons (Fsp3) is 0.385. The Morgan fingerprint density at radius 2 is 1.91 bits per heavy atom. The fourth-order valence-corrected chi connectivity index (χ4v) is 4.04. The molecule has 0 aliphatic rings. The van der Waals surface area contributed by atoms with Crippen molar-refractivity contribution in [1.82, 2.24) is 4.31 Å². The summed E-state index contributed by atoms with van der Waals surface area (Å²) < 4.78 is 30.7. The molecule has 7 nitrogen and oxygen atoms in total. The highest BCUT2D eigenvalue weighted by Crippen LogP contribution is 2.32. The minimum atomic E-state index is -4.22. The summed E-state index contributed by atoms with van der Waals surface area (Å²) in [5, 5.41) is 8.71. The number of esters is 1. The van der Waals surface area contributed by atoms with Gasteiger partial charge in [0.05, 0.1) is 23.6 Å². The van der Waals surface area contributed by atoms with Crippen LogP contribution in [0.15, 0.2) is 17.0 Å². The minimum Gasteiger partial charge on any atom is -0.481 e. The average Bonchev–Trinajstić information content (AvgIpc) is 2.44. The first-order valence-corrected chi connectivity index (χ1v) is 8.48. The number of hydrogen-bond donors (Lipinski definition) is 1. The van der Waals surface area contributed by atoms with Crippen LogP contribution in [-0.2, 0) is 19.6 Å². The SMILES string of the molecule is COC(=O)c1cc(Cl)cc(Cl)c1S(=O)(=O)N(C)CC(C)C(=O)O. The van der Waals surface area contributed by atoms with E-state index in [1.807, 2.05) is 0 Å². The Labute approximate surface area is 143 Å². The van der Waals surface area contributed by atoms with Crippen LogP contribution in [0.5, 0.6) is 0 Å². The number of hydrogen-bond acceptors (Lipinski definition) is 5. The molecule has 1 N–H and O–H groups in total. The molecular weight excluding hydrogens is 369 g/mol. The molecule has 1 aromatic carbocycles. The van der Waals surface area contributed by atoms with Crippen LogP contribution in [0, 0.1) is 5.92 Å². The molecule has 10 heteroatoms. The van der Waals surface area contributed by atoms with Gasteiger partial charge in [-0.05, 0) is 12.1 Å². The van der Waals surface area contributed by atoms with E-state index in [2.05, 4.69) is 4.74 Å². The maximum Gasteiger partial charge on any atom is 0.339 e. The maximum absolute atomic E-state index is 12.7. The zero-order valence-corrected chi connectivity index (χ0v) is 14.9. The van der Waals surface area contributed by atoms with Gasteiger partial charge in [-0.1, -0.05) is 30.1 Å². The Hall–Kier alpha value is -1.35. The number of benzene rings is 1. The molecule has 0 saturated heterocycles. The second-order valence-electron chi connectivity index (χ2n) is 4.78.